The smallest absolute Gasteiger partial charge is 0.313 e. The van der Waals surface area contributed by atoms with Crippen LogP contribution >= 0.6 is 11.6 Å². The number of hydrogen-bond acceptors (Lipinski definition) is 3. The van der Waals surface area contributed by atoms with Gasteiger partial charge in [-0.05, 0) is 62.2 Å². The van der Waals surface area contributed by atoms with Gasteiger partial charge in [-0.1, -0.05) is 23.7 Å². The molecule has 0 fully saturated rings. The lowest BCUT2D eigenvalue weighted by Crippen LogP contribution is -2.42. The zero-order valence-corrected chi connectivity index (χ0v) is 22.0. The first-order valence-electron chi connectivity index (χ1n) is 11.7. The third-order valence-electron chi connectivity index (χ3n) is 6.57. The van der Waals surface area contributed by atoms with Gasteiger partial charge in [-0.25, -0.2) is 9.67 Å². The first-order valence-corrected chi connectivity index (χ1v) is 12.1. The molecule has 0 radical (unpaired) electrons. The van der Waals surface area contributed by atoms with Crippen LogP contribution in [-0.4, -0.2) is 27.7 Å². The Morgan fingerprint density at radius 2 is 1.54 bits per heavy atom. The van der Waals surface area contributed by atoms with Crippen LogP contribution in [0.1, 0.15) is 37.5 Å². The van der Waals surface area contributed by atoms with Crippen molar-refractivity contribution in [2.75, 3.05) is 11.9 Å². The molecule has 4 aromatic rings. The summed E-state index contributed by atoms with van der Waals surface area (Å²) in [7, 11) is 1.39. The van der Waals surface area contributed by atoms with Crippen LogP contribution in [0, 0.1) is 0 Å². The Kier molecular flexibility index (Phi) is 7.18. The molecule has 206 valence electrons. The van der Waals surface area contributed by atoms with Crippen LogP contribution in [0.4, 0.5) is 32.0 Å². The summed E-state index contributed by atoms with van der Waals surface area (Å²) < 4.78 is 82.7. The minimum atomic E-state index is -5.05. The molecule has 0 atom stereocenters. The summed E-state index contributed by atoms with van der Waals surface area (Å²) in [5, 5.41) is 5.34. The van der Waals surface area contributed by atoms with Gasteiger partial charge >= 0.3 is 12.4 Å². The maximum Gasteiger partial charge on any atom is 0.416 e. The average molecular weight is 569 g/mol. The van der Waals surface area contributed by atoms with E-state index in [9.17, 15) is 31.1 Å². The second-order valence-corrected chi connectivity index (χ2v) is 9.95. The average Bonchev–Trinajstić information content (AvgIpc) is 3.29. The minimum absolute atomic E-state index is 0.0360. The SMILES string of the molecule is CCn1ncc2c(-c3cccc(Cl)c3)c(N(C)C(=O)C(C)(C)c3cc(C(F)(F)F)cc(C(F)(F)F)c3)cnc21. The largest absolute Gasteiger partial charge is 0.416 e. The number of alkyl halides is 6. The van der Waals surface area contributed by atoms with Crippen molar-refractivity contribution in [1.29, 1.82) is 0 Å². The van der Waals surface area contributed by atoms with Gasteiger partial charge in [0.15, 0.2) is 5.65 Å². The fourth-order valence-electron chi connectivity index (χ4n) is 4.42. The molecule has 5 nitrogen and oxygen atoms in total. The molecule has 0 N–H and O–H groups in total. The summed E-state index contributed by atoms with van der Waals surface area (Å²) in [5.41, 5.74) is -3.24. The van der Waals surface area contributed by atoms with Crippen LogP contribution in [0.3, 0.4) is 0 Å². The molecule has 1 amide bonds. The minimum Gasteiger partial charge on any atom is -0.313 e. The van der Waals surface area contributed by atoms with Gasteiger partial charge in [-0.3, -0.25) is 4.79 Å². The highest BCUT2D eigenvalue weighted by atomic mass is 35.5. The van der Waals surface area contributed by atoms with Crippen LogP contribution in [0.2, 0.25) is 5.02 Å². The van der Waals surface area contributed by atoms with E-state index < -0.39 is 40.4 Å². The van der Waals surface area contributed by atoms with E-state index in [4.69, 9.17) is 11.6 Å². The number of likely N-dealkylation sites (N-methyl/N-ethyl adjacent to an activating group) is 1. The van der Waals surface area contributed by atoms with Crippen molar-refractivity contribution in [3.05, 3.63) is 76.6 Å². The number of fused-ring (bicyclic) bond motifs is 1. The third-order valence-corrected chi connectivity index (χ3v) is 6.80. The standard InChI is InChI=1S/C27H23ClF6N4O/c1-5-38-23-20(13-36-38)22(15-7-6-8-19(28)9-15)21(14-35-23)37(4)24(39)25(2,3)16-10-17(26(29,30)31)12-18(11-16)27(32,33)34/h6-14H,5H2,1-4H3. The molecule has 0 bridgehead atoms. The number of nitrogens with zero attached hydrogens (tertiary/aromatic N) is 4. The summed E-state index contributed by atoms with van der Waals surface area (Å²) in [5.74, 6) is -0.748. The Bertz CT molecular complexity index is 1530. The molecule has 2 heterocycles. The summed E-state index contributed by atoms with van der Waals surface area (Å²) in [6, 6.07) is 8.01. The monoisotopic (exact) mass is 568 g/mol. The number of pyridine rings is 1. The van der Waals surface area contributed by atoms with Crippen LogP contribution in [-0.2, 0) is 29.1 Å². The number of carbonyl (C=O) groups is 1. The van der Waals surface area contributed by atoms with E-state index in [2.05, 4.69) is 10.1 Å². The second kappa shape index (κ2) is 9.86. The van der Waals surface area contributed by atoms with Crippen LogP contribution < -0.4 is 4.90 Å². The molecule has 0 saturated carbocycles. The molecule has 0 unspecified atom stereocenters. The number of aromatic nitrogens is 3. The highest BCUT2D eigenvalue weighted by Gasteiger charge is 2.41. The molecule has 2 aromatic carbocycles. The maximum atomic E-state index is 13.8. The van der Waals surface area contributed by atoms with Gasteiger partial charge in [0.05, 0.1) is 34.6 Å². The molecule has 0 aliphatic carbocycles. The number of carbonyl (C=O) groups excluding carboxylic acids is 1. The van der Waals surface area contributed by atoms with Crippen molar-refractivity contribution in [2.45, 2.75) is 45.1 Å². The Morgan fingerprint density at radius 1 is 0.949 bits per heavy atom. The van der Waals surface area contributed by atoms with Crippen LogP contribution in [0.5, 0.6) is 0 Å². The van der Waals surface area contributed by atoms with Gasteiger partial charge < -0.3 is 4.90 Å². The van der Waals surface area contributed by atoms with E-state index in [1.54, 1.807) is 35.1 Å². The quantitative estimate of drug-likeness (QED) is 0.231. The Labute approximate surface area is 225 Å². The fourth-order valence-corrected chi connectivity index (χ4v) is 4.61. The number of aryl methyl sites for hydroxylation is 1. The van der Waals surface area contributed by atoms with E-state index in [1.165, 1.54) is 32.0 Å². The highest BCUT2D eigenvalue weighted by molar-refractivity contribution is 6.31. The van der Waals surface area contributed by atoms with Crippen LogP contribution in [0.25, 0.3) is 22.2 Å². The Balaban J connectivity index is 1.88. The first-order chi connectivity index (χ1) is 18.1. The van der Waals surface area contributed by atoms with E-state index in [0.29, 0.717) is 45.9 Å². The number of amides is 1. The molecular formula is C27H23ClF6N4O. The third kappa shape index (κ3) is 5.32. The Morgan fingerprint density at radius 3 is 2.08 bits per heavy atom. The van der Waals surface area contributed by atoms with E-state index in [1.807, 2.05) is 6.92 Å². The zero-order valence-electron chi connectivity index (χ0n) is 21.2. The van der Waals surface area contributed by atoms with Gasteiger partial charge in [-0.15, -0.1) is 0 Å². The predicted octanol–water partition coefficient (Wildman–Crippen LogP) is 7.75. The Hall–Kier alpha value is -3.60. The number of halogens is 7. The van der Waals surface area contributed by atoms with Gasteiger partial charge in [-0.2, -0.15) is 31.4 Å². The van der Waals surface area contributed by atoms with Gasteiger partial charge in [0.25, 0.3) is 0 Å². The van der Waals surface area contributed by atoms with Gasteiger partial charge in [0, 0.05) is 29.6 Å². The molecule has 0 saturated heterocycles. The molecule has 0 aliphatic heterocycles. The summed E-state index contributed by atoms with van der Waals surface area (Å²) in [6.07, 6.45) is -7.09. The number of hydrogen-bond donors (Lipinski definition) is 0. The molecule has 39 heavy (non-hydrogen) atoms. The van der Waals surface area contributed by atoms with E-state index in [0.717, 1.165) is 0 Å². The lowest BCUT2D eigenvalue weighted by molar-refractivity contribution is -0.143. The van der Waals surface area contributed by atoms with Crippen molar-refractivity contribution in [1.82, 2.24) is 14.8 Å². The molecular weight excluding hydrogens is 546 g/mol. The lowest BCUT2D eigenvalue weighted by Gasteiger charge is -2.32. The van der Waals surface area contributed by atoms with Crippen molar-refractivity contribution in [3.63, 3.8) is 0 Å². The van der Waals surface area contributed by atoms with Crippen LogP contribution in [0.15, 0.2) is 54.9 Å². The number of rotatable bonds is 5. The van der Waals surface area contributed by atoms with Gasteiger partial charge in [0.2, 0.25) is 5.91 Å². The summed E-state index contributed by atoms with van der Waals surface area (Å²) in [6.45, 7) is 4.95. The molecule has 2 aromatic heterocycles. The zero-order chi connectivity index (χ0) is 28.9. The number of anilines is 1. The highest BCUT2D eigenvalue weighted by Crippen LogP contribution is 2.42. The molecule has 12 heteroatoms. The molecule has 0 aliphatic rings. The first kappa shape index (κ1) is 28.4. The molecule has 0 spiro atoms. The summed E-state index contributed by atoms with van der Waals surface area (Å²) in [4.78, 5) is 19.5. The molecule has 4 rings (SSSR count). The van der Waals surface area contributed by atoms with Gasteiger partial charge in [0.1, 0.15) is 0 Å². The van der Waals surface area contributed by atoms with E-state index >= 15 is 0 Å². The second-order valence-electron chi connectivity index (χ2n) is 9.51. The maximum absolute atomic E-state index is 13.8. The van der Waals surface area contributed by atoms with Crippen molar-refractivity contribution in [3.8, 4) is 11.1 Å². The number of benzene rings is 2. The fraction of sp³-hybridized carbons (Fsp3) is 0.296. The van der Waals surface area contributed by atoms with Crippen molar-refractivity contribution < 1.29 is 31.1 Å². The predicted molar refractivity (Wildman–Crippen MR) is 137 cm³/mol. The van der Waals surface area contributed by atoms with Crippen molar-refractivity contribution in [2.24, 2.45) is 0 Å². The normalized spacial score (nSPS) is 12.7. The van der Waals surface area contributed by atoms with Crippen molar-refractivity contribution >= 4 is 34.2 Å². The summed E-state index contributed by atoms with van der Waals surface area (Å²) >= 11 is 6.23. The topological polar surface area (TPSA) is 51.0 Å². The lowest BCUT2D eigenvalue weighted by atomic mass is 9.81. The van der Waals surface area contributed by atoms with E-state index in [-0.39, 0.29) is 11.8 Å².